The second-order valence-electron chi connectivity index (χ2n) is 7.17. The third kappa shape index (κ3) is 4.42. The Kier molecular flexibility index (Phi) is 6.01. The molecule has 1 fully saturated rings. The summed E-state index contributed by atoms with van der Waals surface area (Å²) in [7, 11) is 3.19. The molecule has 0 saturated carbocycles. The summed E-state index contributed by atoms with van der Waals surface area (Å²) in [5, 5.41) is 0. The van der Waals surface area contributed by atoms with Crippen molar-refractivity contribution >= 4 is 5.91 Å². The number of ether oxygens (including phenoxy) is 2. The maximum atomic E-state index is 13.1. The third-order valence-electron chi connectivity index (χ3n) is 5.20. The molecule has 0 spiro atoms. The largest absolute Gasteiger partial charge is 0.497 e. The van der Waals surface area contributed by atoms with E-state index in [2.05, 4.69) is 43.0 Å². The Balaban J connectivity index is 1.73. The summed E-state index contributed by atoms with van der Waals surface area (Å²) in [4.78, 5) is 17.5. The summed E-state index contributed by atoms with van der Waals surface area (Å²) < 4.78 is 10.6. The molecule has 3 rings (SSSR count). The first-order valence-corrected chi connectivity index (χ1v) is 9.34. The van der Waals surface area contributed by atoms with E-state index >= 15 is 0 Å². The van der Waals surface area contributed by atoms with Crippen molar-refractivity contribution in [1.82, 2.24) is 9.80 Å². The highest BCUT2D eigenvalue weighted by atomic mass is 16.5. The van der Waals surface area contributed by atoms with E-state index in [-0.39, 0.29) is 18.0 Å². The fraction of sp³-hybridized carbons (Fsp3) is 0.409. The quantitative estimate of drug-likeness (QED) is 0.811. The van der Waals surface area contributed by atoms with Crippen LogP contribution in [0.4, 0.5) is 0 Å². The van der Waals surface area contributed by atoms with E-state index in [0.29, 0.717) is 30.2 Å². The van der Waals surface area contributed by atoms with Crippen LogP contribution in [0.25, 0.3) is 0 Å². The molecule has 1 aliphatic rings. The second-order valence-corrected chi connectivity index (χ2v) is 7.17. The fourth-order valence-electron chi connectivity index (χ4n) is 3.74. The van der Waals surface area contributed by atoms with Gasteiger partial charge in [0.25, 0.3) is 5.91 Å². The zero-order valence-corrected chi connectivity index (χ0v) is 16.5. The van der Waals surface area contributed by atoms with E-state index in [0.717, 1.165) is 6.54 Å². The van der Waals surface area contributed by atoms with Gasteiger partial charge in [-0.3, -0.25) is 9.69 Å². The van der Waals surface area contributed by atoms with Crippen LogP contribution in [-0.4, -0.2) is 55.1 Å². The standard InChI is InChI=1S/C22H28N2O3/c1-16-13-23(14-17(2)24(16)15-18-8-6-5-7-9-18)22(25)19-10-20(26-3)12-21(11-19)27-4/h5-12,16-17H,13-15H2,1-4H3. The fourth-order valence-corrected chi connectivity index (χ4v) is 3.74. The highest BCUT2D eigenvalue weighted by molar-refractivity contribution is 5.95. The maximum absolute atomic E-state index is 13.1. The molecule has 1 heterocycles. The Hall–Kier alpha value is -2.53. The van der Waals surface area contributed by atoms with Crippen LogP contribution in [0.2, 0.25) is 0 Å². The Morgan fingerprint density at radius 2 is 1.52 bits per heavy atom. The molecule has 0 aromatic heterocycles. The van der Waals surface area contributed by atoms with Crippen LogP contribution < -0.4 is 9.47 Å². The van der Waals surface area contributed by atoms with Crippen molar-refractivity contribution in [3.8, 4) is 11.5 Å². The molecule has 144 valence electrons. The van der Waals surface area contributed by atoms with Gasteiger partial charge in [-0.05, 0) is 31.5 Å². The number of hydrogen-bond acceptors (Lipinski definition) is 4. The van der Waals surface area contributed by atoms with Gasteiger partial charge in [0.2, 0.25) is 0 Å². The monoisotopic (exact) mass is 368 g/mol. The van der Waals surface area contributed by atoms with Crippen LogP contribution in [0.5, 0.6) is 11.5 Å². The minimum atomic E-state index is 0.0188. The van der Waals surface area contributed by atoms with E-state index in [9.17, 15) is 4.79 Å². The Bertz CT molecular complexity index is 744. The number of amides is 1. The van der Waals surface area contributed by atoms with Gasteiger partial charge in [0.1, 0.15) is 11.5 Å². The van der Waals surface area contributed by atoms with Crippen molar-refractivity contribution in [1.29, 1.82) is 0 Å². The summed E-state index contributed by atoms with van der Waals surface area (Å²) in [6, 6.07) is 16.4. The maximum Gasteiger partial charge on any atom is 0.254 e. The molecule has 0 radical (unpaired) electrons. The molecule has 0 aliphatic carbocycles. The minimum Gasteiger partial charge on any atom is -0.497 e. The van der Waals surface area contributed by atoms with Gasteiger partial charge in [-0.25, -0.2) is 0 Å². The second kappa shape index (κ2) is 8.44. The molecule has 1 saturated heterocycles. The van der Waals surface area contributed by atoms with Gasteiger partial charge in [-0.1, -0.05) is 30.3 Å². The summed E-state index contributed by atoms with van der Waals surface area (Å²) in [6.45, 7) is 6.68. The SMILES string of the molecule is COc1cc(OC)cc(C(=O)N2CC(C)N(Cc3ccccc3)C(C)C2)c1. The average Bonchev–Trinajstić information content (AvgIpc) is 2.70. The van der Waals surface area contributed by atoms with E-state index in [1.807, 2.05) is 11.0 Å². The van der Waals surface area contributed by atoms with Crippen LogP contribution >= 0.6 is 0 Å². The van der Waals surface area contributed by atoms with E-state index in [1.54, 1.807) is 32.4 Å². The average molecular weight is 368 g/mol. The molecular formula is C22H28N2O3. The van der Waals surface area contributed by atoms with Crippen molar-refractivity contribution in [2.75, 3.05) is 27.3 Å². The van der Waals surface area contributed by atoms with Gasteiger partial charge in [0.15, 0.2) is 0 Å². The van der Waals surface area contributed by atoms with Gasteiger partial charge in [-0.2, -0.15) is 0 Å². The normalized spacial score (nSPS) is 20.4. The molecule has 1 aliphatic heterocycles. The van der Waals surface area contributed by atoms with Gasteiger partial charge in [0, 0.05) is 43.3 Å². The molecule has 2 aromatic carbocycles. The summed E-state index contributed by atoms with van der Waals surface area (Å²) in [5.74, 6) is 1.27. The van der Waals surface area contributed by atoms with Crippen LogP contribution in [0.1, 0.15) is 29.8 Å². The highest BCUT2D eigenvalue weighted by Crippen LogP contribution is 2.25. The summed E-state index contributed by atoms with van der Waals surface area (Å²) in [5.41, 5.74) is 1.90. The van der Waals surface area contributed by atoms with Crippen LogP contribution in [0.3, 0.4) is 0 Å². The Labute approximate surface area is 161 Å². The van der Waals surface area contributed by atoms with Crippen LogP contribution in [0, 0.1) is 0 Å². The van der Waals surface area contributed by atoms with Crippen LogP contribution in [-0.2, 0) is 6.54 Å². The number of hydrogen-bond donors (Lipinski definition) is 0. The molecule has 5 nitrogen and oxygen atoms in total. The lowest BCUT2D eigenvalue weighted by atomic mass is 10.0. The first kappa shape index (κ1) is 19.2. The van der Waals surface area contributed by atoms with E-state index < -0.39 is 0 Å². The molecule has 0 N–H and O–H groups in total. The number of nitrogens with zero attached hydrogens (tertiary/aromatic N) is 2. The first-order valence-electron chi connectivity index (χ1n) is 9.34. The smallest absolute Gasteiger partial charge is 0.254 e. The first-order chi connectivity index (χ1) is 13.0. The lowest BCUT2D eigenvalue weighted by Gasteiger charge is -2.44. The number of rotatable bonds is 5. The predicted octanol–water partition coefficient (Wildman–Crippen LogP) is 3.44. The van der Waals surface area contributed by atoms with Gasteiger partial charge in [0.05, 0.1) is 14.2 Å². The number of methoxy groups -OCH3 is 2. The molecule has 0 bridgehead atoms. The lowest BCUT2D eigenvalue weighted by molar-refractivity contribution is 0.0269. The van der Waals surface area contributed by atoms with Crippen molar-refractivity contribution in [2.24, 2.45) is 0 Å². The molecular weight excluding hydrogens is 340 g/mol. The van der Waals surface area contributed by atoms with Crippen molar-refractivity contribution < 1.29 is 14.3 Å². The summed E-state index contributed by atoms with van der Waals surface area (Å²) >= 11 is 0. The molecule has 5 heteroatoms. The van der Waals surface area contributed by atoms with Crippen LogP contribution in [0.15, 0.2) is 48.5 Å². The molecule has 27 heavy (non-hydrogen) atoms. The number of carbonyl (C=O) groups is 1. The molecule has 2 unspecified atom stereocenters. The molecule has 1 amide bonds. The topological polar surface area (TPSA) is 42.0 Å². The zero-order chi connectivity index (χ0) is 19.4. The number of carbonyl (C=O) groups excluding carboxylic acids is 1. The van der Waals surface area contributed by atoms with Gasteiger partial charge in [-0.15, -0.1) is 0 Å². The van der Waals surface area contributed by atoms with Crippen molar-refractivity contribution in [3.05, 3.63) is 59.7 Å². The predicted molar refractivity (Wildman–Crippen MR) is 106 cm³/mol. The van der Waals surface area contributed by atoms with Gasteiger partial charge < -0.3 is 14.4 Å². The van der Waals surface area contributed by atoms with Gasteiger partial charge >= 0.3 is 0 Å². The highest BCUT2D eigenvalue weighted by Gasteiger charge is 2.32. The van der Waals surface area contributed by atoms with Crippen molar-refractivity contribution in [3.63, 3.8) is 0 Å². The zero-order valence-electron chi connectivity index (χ0n) is 16.5. The van der Waals surface area contributed by atoms with Crippen molar-refractivity contribution in [2.45, 2.75) is 32.5 Å². The number of benzene rings is 2. The third-order valence-corrected chi connectivity index (χ3v) is 5.20. The minimum absolute atomic E-state index is 0.0188. The number of piperazine rings is 1. The molecule has 2 atom stereocenters. The molecule has 2 aromatic rings. The Morgan fingerprint density at radius 1 is 0.963 bits per heavy atom. The van der Waals surface area contributed by atoms with E-state index in [1.165, 1.54) is 5.56 Å². The lowest BCUT2D eigenvalue weighted by Crippen LogP contribution is -2.57. The Morgan fingerprint density at radius 3 is 2.04 bits per heavy atom. The summed E-state index contributed by atoms with van der Waals surface area (Å²) in [6.07, 6.45) is 0. The van der Waals surface area contributed by atoms with E-state index in [4.69, 9.17) is 9.47 Å².